The Morgan fingerprint density at radius 2 is 1.71 bits per heavy atom. The lowest BCUT2D eigenvalue weighted by atomic mass is 10.1. The predicted molar refractivity (Wildman–Crippen MR) is 118 cm³/mol. The van der Waals surface area contributed by atoms with Gasteiger partial charge in [-0.15, -0.1) is 0 Å². The molecule has 1 aromatic carbocycles. The summed E-state index contributed by atoms with van der Waals surface area (Å²) in [7, 11) is 4.21. The number of nitrogens with zero attached hydrogens (tertiary/aromatic N) is 3. The largest absolute Gasteiger partial charge is 0.335 e. The molecular formula is C22H39N5O. The van der Waals surface area contributed by atoms with E-state index in [1.807, 2.05) is 12.1 Å². The van der Waals surface area contributed by atoms with Crippen molar-refractivity contribution in [3.05, 3.63) is 29.8 Å². The van der Waals surface area contributed by atoms with Gasteiger partial charge in [0, 0.05) is 44.5 Å². The Morgan fingerprint density at radius 1 is 1.07 bits per heavy atom. The Hall–Kier alpha value is -1.63. The van der Waals surface area contributed by atoms with Gasteiger partial charge in [-0.05, 0) is 64.1 Å². The van der Waals surface area contributed by atoms with E-state index in [4.69, 9.17) is 0 Å². The van der Waals surface area contributed by atoms with Crippen molar-refractivity contribution in [1.29, 1.82) is 0 Å². The molecule has 2 N–H and O–H groups in total. The first-order chi connectivity index (χ1) is 13.5. The van der Waals surface area contributed by atoms with Crippen molar-refractivity contribution < 1.29 is 4.79 Å². The van der Waals surface area contributed by atoms with E-state index >= 15 is 0 Å². The molecule has 0 radical (unpaired) electrons. The van der Waals surface area contributed by atoms with Gasteiger partial charge in [0.1, 0.15) is 0 Å². The maximum absolute atomic E-state index is 12.3. The van der Waals surface area contributed by atoms with Crippen molar-refractivity contribution in [1.82, 2.24) is 20.0 Å². The third-order valence-corrected chi connectivity index (χ3v) is 5.61. The van der Waals surface area contributed by atoms with Crippen molar-refractivity contribution in [2.24, 2.45) is 0 Å². The Balaban J connectivity index is 1.69. The molecule has 0 aliphatic carbocycles. The Kier molecular flexibility index (Phi) is 9.75. The monoisotopic (exact) mass is 389 g/mol. The van der Waals surface area contributed by atoms with E-state index < -0.39 is 0 Å². The molecule has 1 saturated heterocycles. The predicted octanol–water partition coefficient (Wildman–Crippen LogP) is 2.72. The van der Waals surface area contributed by atoms with Gasteiger partial charge in [-0.25, -0.2) is 4.79 Å². The topological polar surface area (TPSA) is 50.9 Å². The van der Waals surface area contributed by atoms with Gasteiger partial charge in [-0.1, -0.05) is 26.0 Å². The highest BCUT2D eigenvalue weighted by atomic mass is 16.2. The second-order valence-corrected chi connectivity index (χ2v) is 7.99. The van der Waals surface area contributed by atoms with Gasteiger partial charge < -0.3 is 25.3 Å². The zero-order valence-corrected chi connectivity index (χ0v) is 18.2. The Morgan fingerprint density at radius 3 is 2.29 bits per heavy atom. The van der Waals surface area contributed by atoms with E-state index in [0.717, 1.165) is 70.8 Å². The summed E-state index contributed by atoms with van der Waals surface area (Å²) in [5.41, 5.74) is 2.16. The van der Waals surface area contributed by atoms with Gasteiger partial charge in [-0.3, -0.25) is 0 Å². The SMILES string of the molecule is CCN(CC)CCc1ccc(NC(=O)NC2CCN(CCN(C)C)CC2)cc1. The molecule has 6 heteroatoms. The third kappa shape index (κ3) is 8.17. The molecule has 1 heterocycles. The maximum atomic E-state index is 12.3. The minimum atomic E-state index is -0.0948. The number of nitrogens with one attached hydrogen (secondary N) is 2. The second kappa shape index (κ2) is 12.0. The van der Waals surface area contributed by atoms with Gasteiger partial charge in [-0.2, -0.15) is 0 Å². The first-order valence-corrected chi connectivity index (χ1v) is 10.8. The number of carbonyl (C=O) groups excluding carboxylic acids is 1. The molecule has 0 saturated carbocycles. The fourth-order valence-electron chi connectivity index (χ4n) is 3.58. The third-order valence-electron chi connectivity index (χ3n) is 5.61. The number of amides is 2. The fraction of sp³-hybridized carbons (Fsp3) is 0.682. The molecule has 1 aromatic rings. The number of anilines is 1. The molecule has 1 fully saturated rings. The van der Waals surface area contributed by atoms with Crippen molar-refractivity contribution in [2.75, 3.05) is 65.2 Å². The summed E-state index contributed by atoms with van der Waals surface area (Å²) >= 11 is 0. The van der Waals surface area contributed by atoms with Gasteiger partial charge in [0.05, 0.1) is 0 Å². The number of likely N-dealkylation sites (N-methyl/N-ethyl adjacent to an activating group) is 2. The zero-order chi connectivity index (χ0) is 20.4. The van der Waals surface area contributed by atoms with Crippen molar-refractivity contribution in [3.63, 3.8) is 0 Å². The lowest BCUT2D eigenvalue weighted by molar-refractivity contribution is 0.182. The van der Waals surface area contributed by atoms with Gasteiger partial charge in [0.25, 0.3) is 0 Å². The van der Waals surface area contributed by atoms with Crippen LogP contribution < -0.4 is 10.6 Å². The van der Waals surface area contributed by atoms with E-state index in [1.165, 1.54) is 5.56 Å². The molecule has 0 bridgehead atoms. The number of urea groups is 1. The van der Waals surface area contributed by atoms with Crippen LogP contribution in [0.25, 0.3) is 0 Å². The van der Waals surface area contributed by atoms with Crippen LogP contribution in [0.1, 0.15) is 32.3 Å². The molecule has 1 aliphatic rings. The molecule has 2 amide bonds. The lowest BCUT2D eigenvalue weighted by Gasteiger charge is -2.32. The molecule has 6 nitrogen and oxygen atoms in total. The first kappa shape index (κ1) is 22.7. The van der Waals surface area contributed by atoms with Crippen LogP contribution in [0.3, 0.4) is 0 Å². The summed E-state index contributed by atoms with van der Waals surface area (Å²) in [5, 5.41) is 6.10. The maximum Gasteiger partial charge on any atom is 0.319 e. The lowest BCUT2D eigenvalue weighted by Crippen LogP contribution is -2.47. The number of hydrogen-bond acceptors (Lipinski definition) is 4. The highest BCUT2D eigenvalue weighted by Crippen LogP contribution is 2.13. The van der Waals surface area contributed by atoms with Crippen LogP contribution in [-0.2, 0) is 6.42 Å². The van der Waals surface area contributed by atoms with Crippen molar-refractivity contribution in [3.8, 4) is 0 Å². The van der Waals surface area contributed by atoms with Crippen LogP contribution in [0.2, 0.25) is 0 Å². The number of likely N-dealkylation sites (tertiary alicyclic amines) is 1. The number of hydrogen-bond donors (Lipinski definition) is 2. The smallest absolute Gasteiger partial charge is 0.319 e. The molecule has 0 spiro atoms. The molecule has 0 unspecified atom stereocenters. The average molecular weight is 390 g/mol. The van der Waals surface area contributed by atoms with Crippen LogP contribution in [0.5, 0.6) is 0 Å². The van der Waals surface area contributed by atoms with E-state index in [9.17, 15) is 4.79 Å². The van der Waals surface area contributed by atoms with E-state index in [2.05, 4.69) is 65.4 Å². The van der Waals surface area contributed by atoms with Crippen LogP contribution >= 0.6 is 0 Å². The van der Waals surface area contributed by atoms with Crippen molar-refractivity contribution >= 4 is 11.7 Å². The summed E-state index contributed by atoms with van der Waals surface area (Å²) in [5.74, 6) is 0. The van der Waals surface area contributed by atoms with Gasteiger partial charge in [0.15, 0.2) is 0 Å². The normalized spacial score (nSPS) is 15.9. The number of piperidine rings is 1. The van der Waals surface area contributed by atoms with E-state index in [0.29, 0.717) is 0 Å². The van der Waals surface area contributed by atoms with E-state index in [1.54, 1.807) is 0 Å². The minimum absolute atomic E-state index is 0.0948. The van der Waals surface area contributed by atoms with Gasteiger partial charge in [0.2, 0.25) is 0 Å². The zero-order valence-electron chi connectivity index (χ0n) is 18.2. The molecule has 2 rings (SSSR count). The van der Waals surface area contributed by atoms with Crippen molar-refractivity contribution in [2.45, 2.75) is 39.2 Å². The van der Waals surface area contributed by atoms with Crippen LogP contribution in [0, 0.1) is 0 Å². The molecule has 0 aromatic heterocycles. The average Bonchev–Trinajstić information content (AvgIpc) is 2.69. The highest BCUT2D eigenvalue weighted by molar-refractivity contribution is 5.89. The fourth-order valence-corrected chi connectivity index (χ4v) is 3.58. The minimum Gasteiger partial charge on any atom is -0.335 e. The Bertz CT molecular complexity index is 563. The second-order valence-electron chi connectivity index (χ2n) is 7.99. The van der Waals surface area contributed by atoms with Gasteiger partial charge >= 0.3 is 6.03 Å². The Labute approximate surface area is 171 Å². The molecule has 1 aliphatic heterocycles. The number of carbonyl (C=O) groups is 1. The number of rotatable bonds is 10. The quantitative estimate of drug-likeness (QED) is 0.646. The standard InChI is InChI=1S/C22H39N5O/c1-5-26(6-2)14-11-19-7-9-20(10-8-19)23-22(28)24-21-12-15-27(16-13-21)18-17-25(3)4/h7-10,21H,5-6,11-18H2,1-4H3,(H2,23,24,28). The van der Waals surface area contributed by atoms with Crippen LogP contribution in [-0.4, -0.2) is 86.7 Å². The van der Waals surface area contributed by atoms with Crippen LogP contribution in [0.4, 0.5) is 10.5 Å². The molecular weight excluding hydrogens is 350 g/mol. The van der Waals surface area contributed by atoms with Crippen LogP contribution in [0.15, 0.2) is 24.3 Å². The summed E-state index contributed by atoms with van der Waals surface area (Å²) < 4.78 is 0. The highest BCUT2D eigenvalue weighted by Gasteiger charge is 2.20. The van der Waals surface area contributed by atoms with E-state index in [-0.39, 0.29) is 12.1 Å². The first-order valence-electron chi connectivity index (χ1n) is 10.8. The summed E-state index contributed by atoms with van der Waals surface area (Å²) in [6.07, 6.45) is 3.08. The molecule has 28 heavy (non-hydrogen) atoms. The molecule has 0 atom stereocenters. The molecule has 158 valence electrons. The summed E-state index contributed by atoms with van der Waals surface area (Å²) in [6, 6.07) is 8.40. The summed E-state index contributed by atoms with van der Waals surface area (Å²) in [6.45, 7) is 11.9. The summed E-state index contributed by atoms with van der Waals surface area (Å²) in [4.78, 5) is 19.4. The number of benzene rings is 1.